The molecule has 1 unspecified atom stereocenters. The van der Waals surface area contributed by atoms with Crippen molar-refractivity contribution in [2.75, 3.05) is 39.9 Å². The Hall–Kier alpha value is -2.12. The molecule has 7 nitrogen and oxygen atoms in total. The van der Waals surface area contributed by atoms with Gasteiger partial charge in [-0.05, 0) is 43.5 Å². The highest BCUT2D eigenvalue weighted by molar-refractivity contribution is 5.98. The molecule has 1 heterocycles. The van der Waals surface area contributed by atoms with Gasteiger partial charge in [-0.15, -0.1) is 0 Å². The number of hydrogen-bond donors (Lipinski definition) is 3. The number of piperidine rings is 1. The van der Waals surface area contributed by atoms with E-state index >= 15 is 0 Å². The van der Waals surface area contributed by atoms with E-state index in [4.69, 9.17) is 9.84 Å². The summed E-state index contributed by atoms with van der Waals surface area (Å²) in [7, 11) is 1.68. The third kappa shape index (κ3) is 5.21. The maximum Gasteiger partial charge on any atom is 0.335 e. The maximum absolute atomic E-state index is 12.2. The number of ether oxygens (including phenoxy) is 1. The van der Waals surface area contributed by atoms with Gasteiger partial charge in [0.2, 0.25) is 0 Å². The number of rotatable bonds is 7. The smallest absolute Gasteiger partial charge is 0.335 e. The Morgan fingerprint density at radius 2 is 2.08 bits per heavy atom. The Balaban J connectivity index is 1.90. The first kappa shape index (κ1) is 18.2. The van der Waals surface area contributed by atoms with Gasteiger partial charge in [0.05, 0.1) is 12.2 Å². The number of hydrogen-bond acceptors (Lipinski definition) is 5. The molecule has 2 rings (SSSR count). The molecular formula is C17H24N2O5. The van der Waals surface area contributed by atoms with Crippen LogP contribution in [0.3, 0.4) is 0 Å². The summed E-state index contributed by atoms with van der Waals surface area (Å²) < 4.78 is 5.09. The lowest BCUT2D eigenvalue weighted by Crippen LogP contribution is -2.42. The number of aromatic carboxylic acids is 1. The zero-order valence-corrected chi connectivity index (χ0v) is 13.8. The van der Waals surface area contributed by atoms with Gasteiger partial charge in [-0.25, -0.2) is 4.79 Å². The van der Waals surface area contributed by atoms with E-state index in [1.165, 1.54) is 12.1 Å². The Bertz CT molecular complexity index is 590. The van der Waals surface area contributed by atoms with Crippen LogP contribution in [0.5, 0.6) is 5.75 Å². The van der Waals surface area contributed by atoms with Crippen molar-refractivity contribution in [1.82, 2.24) is 10.2 Å². The van der Waals surface area contributed by atoms with Gasteiger partial charge in [-0.2, -0.15) is 0 Å². The number of carbonyl (C=O) groups excluding carboxylic acids is 1. The molecular weight excluding hydrogens is 312 g/mol. The summed E-state index contributed by atoms with van der Waals surface area (Å²) in [5.41, 5.74) is 0.0444. The van der Waals surface area contributed by atoms with Crippen LogP contribution in [-0.4, -0.2) is 66.9 Å². The molecule has 132 valence electrons. The molecule has 1 aromatic rings. The van der Waals surface area contributed by atoms with Gasteiger partial charge in [0.25, 0.3) is 5.91 Å². The molecule has 1 aromatic carbocycles. The summed E-state index contributed by atoms with van der Waals surface area (Å²) in [5.74, 6) is -1.43. The van der Waals surface area contributed by atoms with E-state index in [2.05, 4.69) is 10.2 Å². The van der Waals surface area contributed by atoms with E-state index in [-0.39, 0.29) is 22.8 Å². The van der Waals surface area contributed by atoms with Crippen LogP contribution >= 0.6 is 0 Å². The van der Waals surface area contributed by atoms with E-state index in [0.717, 1.165) is 38.5 Å². The van der Waals surface area contributed by atoms with E-state index < -0.39 is 5.97 Å². The fourth-order valence-corrected chi connectivity index (χ4v) is 2.95. The van der Waals surface area contributed by atoms with Crippen molar-refractivity contribution in [3.63, 3.8) is 0 Å². The Kier molecular flexibility index (Phi) is 6.57. The molecule has 0 saturated carbocycles. The minimum absolute atomic E-state index is 0.108. The van der Waals surface area contributed by atoms with Crippen LogP contribution in [0.15, 0.2) is 18.2 Å². The Labute approximate surface area is 141 Å². The van der Waals surface area contributed by atoms with Gasteiger partial charge in [-0.3, -0.25) is 4.79 Å². The van der Waals surface area contributed by atoms with Crippen LogP contribution in [-0.2, 0) is 4.74 Å². The highest BCUT2D eigenvalue weighted by atomic mass is 16.5. The fourth-order valence-electron chi connectivity index (χ4n) is 2.95. The van der Waals surface area contributed by atoms with E-state index in [1.807, 2.05) is 0 Å². The van der Waals surface area contributed by atoms with Gasteiger partial charge in [-0.1, -0.05) is 0 Å². The number of nitrogens with one attached hydrogen (secondary N) is 1. The summed E-state index contributed by atoms with van der Waals surface area (Å²) in [4.78, 5) is 25.5. The zero-order valence-electron chi connectivity index (χ0n) is 13.8. The van der Waals surface area contributed by atoms with Gasteiger partial charge in [0.1, 0.15) is 5.75 Å². The number of phenolic OH excluding ortho intramolecular Hbond substituents is 1. The third-order valence-corrected chi connectivity index (χ3v) is 4.19. The van der Waals surface area contributed by atoms with Gasteiger partial charge in [0, 0.05) is 32.3 Å². The quantitative estimate of drug-likeness (QED) is 0.691. The molecule has 1 fully saturated rings. The van der Waals surface area contributed by atoms with Crippen molar-refractivity contribution in [3.8, 4) is 5.75 Å². The number of benzene rings is 1. The molecule has 7 heteroatoms. The first-order valence-electron chi connectivity index (χ1n) is 8.06. The topological polar surface area (TPSA) is 99.1 Å². The SMILES string of the molecule is COCCN1CCCC(CNC(=O)c2cc(O)cc(C(=O)O)c2)C1. The first-order chi connectivity index (χ1) is 11.5. The molecule has 24 heavy (non-hydrogen) atoms. The van der Waals surface area contributed by atoms with E-state index in [0.29, 0.717) is 19.1 Å². The molecule has 0 spiro atoms. The molecule has 0 aliphatic carbocycles. The second kappa shape index (κ2) is 8.65. The Morgan fingerprint density at radius 1 is 1.33 bits per heavy atom. The van der Waals surface area contributed by atoms with Crippen LogP contribution in [0.1, 0.15) is 33.6 Å². The van der Waals surface area contributed by atoms with Crippen molar-refractivity contribution in [1.29, 1.82) is 0 Å². The maximum atomic E-state index is 12.2. The van der Waals surface area contributed by atoms with Crippen molar-refractivity contribution in [2.24, 2.45) is 5.92 Å². The largest absolute Gasteiger partial charge is 0.508 e. The van der Waals surface area contributed by atoms with Crippen molar-refractivity contribution < 1.29 is 24.5 Å². The summed E-state index contributed by atoms with van der Waals surface area (Å²) in [6, 6.07) is 3.66. The number of aromatic hydroxyl groups is 1. The third-order valence-electron chi connectivity index (χ3n) is 4.19. The minimum atomic E-state index is -1.18. The lowest BCUT2D eigenvalue weighted by molar-refractivity contribution is 0.0696. The second-order valence-corrected chi connectivity index (χ2v) is 6.09. The van der Waals surface area contributed by atoms with Crippen molar-refractivity contribution in [2.45, 2.75) is 12.8 Å². The highest BCUT2D eigenvalue weighted by Crippen LogP contribution is 2.18. The van der Waals surface area contributed by atoms with Crippen LogP contribution in [0, 0.1) is 5.92 Å². The lowest BCUT2D eigenvalue weighted by atomic mass is 9.98. The minimum Gasteiger partial charge on any atom is -0.508 e. The predicted molar refractivity (Wildman–Crippen MR) is 88.4 cm³/mol. The normalized spacial score (nSPS) is 18.3. The summed E-state index contributed by atoms with van der Waals surface area (Å²) >= 11 is 0. The fraction of sp³-hybridized carbons (Fsp3) is 0.529. The summed E-state index contributed by atoms with van der Waals surface area (Å²) in [6.07, 6.45) is 2.13. The number of amides is 1. The average Bonchev–Trinajstić information content (AvgIpc) is 2.57. The number of carbonyl (C=O) groups is 2. The van der Waals surface area contributed by atoms with Crippen molar-refractivity contribution in [3.05, 3.63) is 29.3 Å². The van der Waals surface area contributed by atoms with Crippen LogP contribution in [0.25, 0.3) is 0 Å². The number of phenols is 1. The van der Waals surface area contributed by atoms with E-state index in [1.54, 1.807) is 7.11 Å². The predicted octanol–water partition coefficient (Wildman–Crippen LogP) is 1.18. The number of methoxy groups -OCH3 is 1. The Morgan fingerprint density at radius 3 is 2.79 bits per heavy atom. The van der Waals surface area contributed by atoms with Gasteiger partial charge >= 0.3 is 5.97 Å². The first-order valence-corrected chi connectivity index (χ1v) is 8.06. The summed E-state index contributed by atoms with van der Waals surface area (Å²) in [6.45, 7) is 4.06. The monoisotopic (exact) mass is 336 g/mol. The lowest BCUT2D eigenvalue weighted by Gasteiger charge is -2.32. The number of nitrogens with zero attached hydrogens (tertiary/aromatic N) is 1. The highest BCUT2D eigenvalue weighted by Gasteiger charge is 2.20. The average molecular weight is 336 g/mol. The molecule has 1 saturated heterocycles. The number of carboxylic acids is 1. The molecule has 1 amide bonds. The molecule has 1 atom stereocenters. The molecule has 0 aromatic heterocycles. The molecule has 3 N–H and O–H groups in total. The summed E-state index contributed by atoms with van der Waals surface area (Å²) in [5, 5.41) is 21.4. The van der Waals surface area contributed by atoms with E-state index in [9.17, 15) is 14.7 Å². The van der Waals surface area contributed by atoms with Crippen LogP contribution < -0.4 is 5.32 Å². The van der Waals surface area contributed by atoms with Crippen LogP contribution in [0.4, 0.5) is 0 Å². The second-order valence-electron chi connectivity index (χ2n) is 6.09. The molecule has 1 aliphatic heterocycles. The number of likely N-dealkylation sites (tertiary alicyclic amines) is 1. The zero-order chi connectivity index (χ0) is 17.5. The standard InChI is InChI=1S/C17H24N2O5/c1-24-6-5-19-4-2-3-12(11-19)10-18-16(21)13-7-14(17(22)23)9-15(20)8-13/h7-9,12,20H,2-6,10-11H2,1H3,(H,18,21)(H,22,23). The van der Waals surface area contributed by atoms with Gasteiger partial charge in [0.15, 0.2) is 0 Å². The number of carboxylic acid groups (broad SMARTS) is 1. The van der Waals surface area contributed by atoms with Crippen molar-refractivity contribution >= 4 is 11.9 Å². The molecule has 0 bridgehead atoms. The van der Waals surface area contributed by atoms with Gasteiger partial charge < -0.3 is 25.2 Å². The van der Waals surface area contributed by atoms with Crippen LogP contribution in [0.2, 0.25) is 0 Å². The molecule has 0 radical (unpaired) electrons. The molecule has 1 aliphatic rings.